The van der Waals surface area contributed by atoms with E-state index in [0.717, 1.165) is 58.9 Å². The zero-order chi connectivity index (χ0) is 26.3. The number of aromatic hydroxyl groups is 1. The molecule has 4 aromatic carbocycles. The van der Waals surface area contributed by atoms with Crippen LogP contribution in [0.25, 0.3) is 22.0 Å². The van der Waals surface area contributed by atoms with Crippen molar-refractivity contribution >= 4 is 28.1 Å². The first-order valence-electron chi connectivity index (χ1n) is 13.5. The number of benzene rings is 4. The Kier molecular flexibility index (Phi) is 5.99. The smallest absolute Gasteiger partial charge is 0.148 e. The number of hydrogen-bond acceptors (Lipinski definition) is 6. The van der Waals surface area contributed by atoms with E-state index < -0.39 is 0 Å². The van der Waals surface area contributed by atoms with E-state index in [1.165, 1.54) is 5.56 Å². The topological polar surface area (TPSA) is 72.7 Å². The molecule has 6 heteroatoms. The average Bonchev–Trinajstić information content (AvgIpc) is 3.47. The fraction of sp³-hybridized carbons (Fsp3) is 0.212. The van der Waals surface area contributed by atoms with Gasteiger partial charge in [-0.2, -0.15) is 0 Å². The molecule has 0 radical (unpaired) electrons. The maximum Gasteiger partial charge on any atom is 0.148 e. The molecule has 7 rings (SSSR count). The van der Waals surface area contributed by atoms with Crippen molar-refractivity contribution in [3.63, 3.8) is 0 Å². The lowest BCUT2D eigenvalue weighted by molar-refractivity contribution is 0.217. The molecule has 1 aromatic heterocycles. The zero-order valence-electron chi connectivity index (χ0n) is 21.6. The third-order valence-corrected chi connectivity index (χ3v) is 8.30. The Morgan fingerprint density at radius 2 is 1.46 bits per heavy atom. The van der Waals surface area contributed by atoms with E-state index >= 15 is 0 Å². The van der Waals surface area contributed by atoms with Gasteiger partial charge >= 0.3 is 0 Å². The van der Waals surface area contributed by atoms with Gasteiger partial charge in [0.1, 0.15) is 17.9 Å². The molecule has 0 spiro atoms. The van der Waals surface area contributed by atoms with Crippen molar-refractivity contribution in [3.05, 3.63) is 109 Å². The molecule has 2 atom stereocenters. The van der Waals surface area contributed by atoms with E-state index in [1.54, 1.807) is 18.5 Å². The zero-order valence-corrected chi connectivity index (χ0v) is 21.6. The highest BCUT2D eigenvalue weighted by Gasteiger charge is 2.54. The maximum atomic E-state index is 9.89. The van der Waals surface area contributed by atoms with E-state index in [-0.39, 0.29) is 5.75 Å². The summed E-state index contributed by atoms with van der Waals surface area (Å²) in [5.74, 6) is 2.93. The van der Waals surface area contributed by atoms with Gasteiger partial charge in [-0.3, -0.25) is 9.80 Å². The van der Waals surface area contributed by atoms with Crippen LogP contribution in [0.5, 0.6) is 5.75 Å². The van der Waals surface area contributed by atoms with Crippen molar-refractivity contribution in [2.24, 2.45) is 17.8 Å². The minimum atomic E-state index is 0.223. The number of anilines is 3. The van der Waals surface area contributed by atoms with Gasteiger partial charge in [-0.05, 0) is 83.0 Å². The number of piperidine rings is 1. The van der Waals surface area contributed by atoms with Gasteiger partial charge in [0, 0.05) is 43.0 Å². The Morgan fingerprint density at radius 1 is 0.769 bits per heavy atom. The molecule has 2 unspecified atom stereocenters. The van der Waals surface area contributed by atoms with Gasteiger partial charge in [0.15, 0.2) is 0 Å². The first kappa shape index (κ1) is 23.8. The third kappa shape index (κ3) is 4.52. The minimum Gasteiger partial charge on any atom is -0.508 e. The fourth-order valence-corrected chi connectivity index (χ4v) is 6.17. The molecule has 0 amide bonds. The van der Waals surface area contributed by atoms with Gasteiger partial charge < -0.3 is 10.2 Å². The van der Waals surface area contributed by atoms with Crippen molar-refractivity contribution in [1.82, 2.24) is 14.9 Å². The number of phenols is 1. The summed E-state index contributed by atoms with van der Waals surface area (Å²) in [7, 11) is 0. The van der Waals surface area contributed by atoms with E-state index in [1.807, 2.05) is 30.3 Å². The molecule has 39 heavy (non-hydrogen) atoms. The quantitative estimate of drug-likeness (QED) is 0.272. The average molecular weight is 515 g/mol. The molecule has 1 aliphatic carbocycles. The van der Waals surface area contributed by atoms with Crippen molar-refractivity contribution in [2.75, 3.05) is 24.6 Å². The van der Waals surface area contributed by atoms with Crippen LogP contribution in [0.3, 0.4) is 0 Å². The lowest BCUT2D eigenvalue weighted by Gasteiger charge is -2.25. The Labute approximate surface area is 227 Å². The molecule has 0 bridgehead atoms. The number of aromatic nitrogens is 2. The molecule has 194 valence electrons. The summed E-state index contributed by atoms with van der Waals surface area (Å²) >= 11 is 0. The van der Waals surface area contributed by atoms with Gasteiger partial charge in [-0.25, -0.2) is 9.97 Å². The molecule has 2 N–H and O–H groups in total. The van der Waals surface area contributed by atoms with Gasteiger partial charge in [0.05, 0.1) is 5.52 Å². The van der Waals surface area contributed by atoms with E-state index in [2.05, 4.69) is 69.4 Å². The summed E-state index contributed by atoms with van der Waals surface area (Å²) in [4.78, 5) is 13.9. The van der Waals surface area contributed by atoms with Crippen LogP contribution in [0.4, 0.5) is 17.2 Å². The molecular weight excluding hydrogens is 484 g/mol. The number of hydrogen-bond donors (Lipinski definition) is 2. The maximum absolute atomic E-state index is 9.89. The number of likely N-dealkylation sites (tertiary alicyclic amines) is 1. The standard InChI is InChI=1S/C33H30N4O2/c38-20-31-29-18-36(19-30(29)31)17-22-6-8-23(9-7-22)24-10-15-32-28(16-24)33(35-21-34-32)37(25-4-2-1-3-5-25)26-11-13-27(39)14-12-26/h1-16,21,29-31,38-39H,17-20H2. The predicted molar refractivity (Wildman–Crippen MR) is 154 cm³/mol. The summed E-state index contributed by atoms with van der Waals surface area (Å²) < 4.78 is 0. The van der Waals surface area contributed by atoms with Crippen LogP contribution in [-0.4, -0.2) is 44.8 Å². The van der Waals surface area contributed by atoms with Crippen LogP contribution in [-0.2, 0) is 6.54 Å². The van der Waals surface area contributed by atoms with Gasteiger partial charge in [-0.15, -0.1) is 0 Å². The highest BCUT2D eigenvalue weighted by atomic mass is 16.3. The van der Waals surface area contributed by atoms with Crippen molar-refractivity contribution in [1.29, 1.82) is 0 Å². The molecule has 2 fully saturated rings. The number of para-hydroxylation sites is 1. The third-order valence-electron chi connectivity index (χ3n) is 8.30. The first-order valence-corrected chi connectivity index (χ1v) is 13.5. The largest absolute Gasteiger partial charge is 0.508 e. The Morgan fingerprint density at radius 3 is 2.18 bits per heavy atom. The van der Waals surface area contributed by atoms with Crippen LogP contribution in [0, 0.1) is 17.8 Å². The minimum absolute atomic E-state index is 0.223. The summed E-state index contributed by atoms with van der Waals surface area (Å²) in [6.07, 6.45) is 1.60. The van der Waals surface area contributed by atoms with Crippen molar-refractivity contribution in [3.8, 4) is 16.9 Å². The lowest BCUT2D eigenvalue weighted by Crippen LogP contribution is -2.24. The number of rotatable bonds is 7. The second kappa shape index (κ2) is 9.80. The summed E-state index contributed by atoms with van der Waals surface area (Å²) in [5.41, 5.74) is 6.32. The van der Waals surface area contributed by atoms with Crippen LogP contribution >= 0.6 is 0 Å². The molecule has 2 heterocycles. The number of fused-ring (bicyclic) bond motifs is 2. The number of phenolic OH excluding ortho intramolecular Hbond substituents is 1. The van der Waals surface area contributed by atoms with Crippen LogP contribution < -0.4 is 4.90 Å². The molecular formula is C33H30N4O2. The molecule has 2 aliphatic rings. The molecule has 5 aromatic rings. The van der Waals surface area contributed by atoms with E-state index in [0.29, 0.717) is 24.4 Å². The van der Waals surface area contributed by atoms with Gasteiger partial charge in [0.2, 0.25) is 0 Å². The van der Waals surface area contributed by atoms with Crippen LogP contribution in [0.1, 0.15) is 5.56 Å². The van der Waals surface area contributed by atoms with E-state index in [9.17, 15) is 10.2 Å². The summed E-state index contributed by atoms with van der Waals surface area (Å²) in [6.45, 7) is 3.50. The monoisotopic (exact) mass is 514 g/mol. The predicted octanol–water partition coefficient (Wildman–Crippen LogP) is 6.14. The Hall–Kier alpha value is -4.26. The lowest BCUT2D eigenvalue weighted by atomic mass is 10.0. The first-order chi connectivity index (χ1) is 19.2. The molecule has 1 saturated carbocycles. The summed E-state index contributed by atoms with van der Waals surface area (Å²) in [5, 5.41) is 20.3. The Balaban J connectivity index is 1.21. The van der Waals surface area contributed by atoms with Crippen molar-refractivity contribution < 1.29 is 10.2 Å². The van der Waals surface area contributed by atoms with Crippen LogP contribution in [0.2, 0.25) is 0 Å². The fourth-order valence-electron chi connectivity index (χ4n) is 6.17. The number of aliphatic hydroxyl groups is 1. The highest BCUT2D eigenvalue weighted by molar-refractivity contribution is 5.97. The number of nitrogens with zero attached hydrogens (tertiary/aromatic N) is 4. The normalized spacial score (nSPS) is 20.2. The molecule has 1 aliphatic heterocycles. The number of aliphatic hydroxyl groups excluding tert-OH is 1. The highest BCUT2D eigenvalue weighted by Crippen LogP contribution is 2.51. The van der Waals surface area contributed by atoms with Crippen molar-refractivity contribution in [2.45, 2.75) is 6.54 Å². The molecule has 6 nitrogen and oxygen atoms in total. The van der Waals surface area contributed by atoms with Crippen LogP contribution in [0.15, 0.2) is 103 Å². The van der Waals surface area contributed by atoms with Gasteiger partial charge in [-0.1, -0.05) is 48.5 Å². The SMILES string of the molecule is OCC1C2CN(Cc3ccc(-c4ccc5ncnc(N(c6ccccc6)c6ccc(O)cc6)c5c4)cc3)CC12. The molecule has 1 saturated heterocycles. The summed E-state index contributed by atoms with van der Waals surface area (Å²) in [6, 6.07) is 32.5. The second-order valence-corrected chi connectivity index (χ2v) is 10.7. The second-order valence-electron chi connectivity index (χ2n) is 10.7. The van der Waals surface area contributed by atoms with E-state index in [4.69, 9.17) is 4.98 Å². The Bertz CT molecular complexity index is 1590. The van der Waals surface area contributed by atoms with Gasteiger partial charge in [0.25, 0.3) is 0 Å².